The third-order valence-electron chi connectivity index (χ3n) is 21.3. The summed E-state index contributed by atoms with van der Waals surface area (Å²) in [6, 6.07) is 120. The van der Waals surface area contributed by atoms with E-state index in [9.17, 15) is 0 Å². The summed E-state index contributed by atoms with van der Waals surface area (Å²) in [5.41, 5.74) is 16.2. The fourth-order valence-electron chi connectivity index (χ4n) is 15.8. The normalized spacial score (nSPS) is 12.5. The van der Waals surface area contributed by atoms with Gasteiger partial charge in [0.2, 0.25) is 0 Å². The van der Waals surface area contributed by atoms with E-state index in [4.69, 9.17) is 57.7 Å². The van der Waals surface area contributed by atoms with Crippen molar-refractivity contribution in [3.8, 4) is 159 Å². The lowest BCUT2D eigenvalue weighted by atomic mass is 9.94. The first-order valence-electron chi connectivity index (χ1n) is 38.5. The minimum absolute atomic E-state index is 0.555. The van der Waals surface area contributed by atoms with Crippen LogP contribution in [0.1, 0.15) is 0 Å². The molecule has 556 valence electrons. The molecule has 118 heavy (non-hydrogen) atoms. The topological polar surface area (TPSA) is 141 Å². The Morgan fingerprint density at radius 1 is 0.186 bits per heavy atom. The Morgan fingerprint density at radius 3 is 0.983 bits per heavy atom. The van der Waals surface area contributed by atoms with E-state index in [1.165, 1.54) is 0 Å². The Balaban J connectivity index is 0.000000138. The van der Waals surface area contributed by atoms with Gasteiger partial charge in [0.1, 0.15) is 68.3 Å². The van der Waals surface area contributed by atoms with Gasteiger partial charge in [0, 0.05) is 77.2 Å². The second kappa shape index (κ2) is 28.9. The van der Waals surface area contributed by atoms with Crippen LogP contribution in [0.5, 0.6) is 46.0 Å². The SMILES string of the molecule is c1ccc(-c2nc(-c3ccccc3)nc(-c3cccc4oc5c(-c6ccc7c(c6)Sc6ccccc6O7)cc(-c6ccc7c(c6)Sc6ccccc6O7)cc5c34)n2)cc1.c1ccc(-c2nc(-c3ccccc3)nc(-c3cccc4oc5c(-c6cccc7c6Oc6ccccc6S7)cc(-c6cccc7c6Oc6ccccc6S7)cc5c34)n2)cc1. The molecule has 0 fully saturated rings. The van der Waals surface area contributed by atoms with Crippen LogP contribution in [0.3, 0.4) is 0 Å². The minimum atomic E-state index is 0.555. The van der Waals surface area contributed by atoms with Crippen molar-refractivity contribution in [1.29, 1.82) is 0 Å². The number of ether oxygens (including phenoxy) is 4. The lowest BCUT2D eigenvalue weighted by Gasteiger charge is -2.23. The van der Waals surface area contributed by atoms with E-state index in [2.05, 4.69) is 133 Å². The maximum Gasteiger partial charge on any atom is 0.164 e. The molecule has 0 N–H and O–H groups in total. The fraction of sp³-hybridized carbons (Fsp3) is 0. The van der Waals surface area contributed by atoms with E-state index in [1.807, 2.05) is 218 Å². The number of para-hydroxylation sites is 6. The molecule has 16 aromatic carbocycles. The van der Waals surface area contributed by atoms with Gasteiger partial charge in [0.15, 0.2) is 34.9 Å². The molecule has 8 heterocycles. The van der Waals surface area contributed by atoms with Crippen LogP contribution in [-0.2, 0) is 0 Å². The van der Waals surface area contributed by atoms with Crippen molar-refractivity contribution in [1.82, 2.24) is 29.9 Å². The molecule has 24 rings (SSSR count). The van der Waals surface area contributed by atoms with Crippen molar-refractivity contribution < 1.29 is 27.8 Å². The molecule has 0 unspecified atom stereocenters. The van der Waals surface area contributed by atoms with Crippen LogP contribution < -0.4 is 18.9 Å². The number of hydrogen-bond acceptors (Lipinski definition) is 16. The monoisotopic (exact) mass is 1590 g/mol. The van der Waals surface area contributed by atoms with Crippen LogP contribution in [0.15, 0.2) is 400 Å². The van der Waals surface area contributed by atoms with Gasteiger partial charge in [-0.3, -0.25) is 0 Å². The molecule has 0 saturated carbocycles. The molecule has 16 heteroatoms. The molecule has 0 amide bonds. The first-order valence-corrected chi connectivity index (χ1v) is 41.7. The number of nitrogens with zero attached hydrogens (tertiary/aromatic N) is 6. The van der Waals surface area contributed by atoms with E-state index >= 15 is 0 Å². The summed E-state index contributed by atoms with van der Waals surface area (Å²) in [5, 5.41) is 3.73. The van der Waals surface area contributed by atoms with E-state index in [0.717, 1.165) is 207 Å². The molecule has 12 nitrogen and oxygen atoms in total. The number of hydrogen-bond donors (Lipinski definition) is 0. The van der Waals surface area contributed by atoms with Gasteiger partial charge in [0.05, 0.1) is 39.2 Å². The Labute approximate surface area is 693 Å². The first-order chi connectivity index (χ1) is 58.4. The summed E-state index contributed by atoms with van der Waals surface area (Å²) in [7, 11) is 0. The molecule has 0 aliphatic carbocycles. The van der Waals surface area contributed by atoms with Gasteiger partial charge in [-0.05, 0) is 144 Å². The highest BCUT2D eigenvalue weighted by atomic mass is 32.2. The highest BCUT2D eigenvalue weighted by Gasteiger charge is 2.31. The highest BCUT2D eigenvalue weighted by Crippen LogP contribution is 2.57. The van der Waals surface area contributed by atoms with Crippen molar-refractivity contribution >= 4 is 90.9 Å². The number of aromatic nitrogens is 6. The Kier molecular flexibility index (Phi) is 17.0. The quantitative estimate of drug-likeness (QED) is 0.128. The van der Waals surface area contributed by atoms with Gasteiger partial charge in [-0.25, -0.2) is 29.9 Å². The largest absolute Gasteiger partial charge is 0.455 e. The van der Waals surface area contributed by atoms with Gasteiger partial charge in [-0.1, -0.05) is 278 Å². The molecular formula is C102H58N6O6S4. The summed E-state index contributed by atoms with van der Waals surface area (Å²) in [6.07, 6.45) is 0. The van der Waals surface area contributed by atoms with E-state index in [1.54, 1.807) is 47.0 Å². The molecular weight excluding hydrogens is 1530 g/mol. The number of furan rings is 2. The van der Waals surface area contributed by atoms with Gasteiger partial charge in [0.25, 0.3) is 0 Å². The lowest BCUT2D eigenvalue weighted by Crippen LogP contribution is -2.00. The average Bonchev–Trinajstić information content (AvgIpc) is 1.54. The van der Waals surface area contributed by atoms with Gasteiger partial charge < -0.3 is 27.8 Å². The summed E-state index contributed by atoms with van der Waals surface area (Å²) in [5.74, 6) is 10.2. The van der Waals surface area contributed by atoms with Crippen molar-refractivity contribution in [3.05, 3.63) is 352 Å². The number of benzene rings is 16. The van der Waals surface area contributed by atoms with Crippen LogP contribution in [0, 0.1) is 0 Å². The molecule has 0 radical (unpaired) electrons. The fourth-order valence-corrected chi connectivity index (χ4v) is 19.7. The summed E-state index contributed by atoms with van der Waals surface area (Å²) >= 11 is 6.88. The van der Waals surface area contributed by atoms with E-state index in [-0.39, 0.29) is 0 Å². The molecule has 20 aromatic rings. The van der Waals surface area contributed by atoms with Gasteiger partial charge in [-0.15, -0.1) is 0 Å². The molecule has 0 saturated heterocycles. The zero-order valence-electron chi connectivity index (χ0n) is 62.3. The van der Waals surface area contributed by atoms with Crippen molar-refractivity contribution in [2.75, 3.05) is 0 Å². The van der Waals surface area contributed by atoms with E-state index in [0.29, 0.717) is 34.9 Å². The Bertz CT molecular complexity index is 7360. The summed E-state index contributed by atoms with van der Waals surface area (Å²) in [6.45, 7) is 0. The Hall–Kier alpha value is -14.3. The average molecular weight is 1590 g/mol. The smallest absolute Gasteiger partial charge is 0.164 e. The highest BCUT2D eigenvalue weighted by molar-refractivity contribution is 8.00. The predicted octanol–water partition coefficient (Wildman–Crippen LogP) is 29.2. The van der Waals surface area contributed by atoms with Crippen molar-refractivity contribution in [2.45, 2.75) is 39.2 Å². The molecule has 0 bridgehead atoms. The van der Waals surface area contributed by atoms with Gasteiger partial charge in [-0.2, -0.15) is 0 Å². The zero-order chi connectivity index (χ0) is 77.7. The molecule has 0 atom stereocenters. The van der Waals surface area contributed by atoms with Crippen LogP contribution >= 0.6 is 47.0 Å². The van der Waals surface area contributed by atoms with Crippen LogP contribution in [-0.4, -0.2) is 29.9 Å². The first kappa shape index (κ1) is 69.3. The maximum atomic E-state index is 6.97. The third kappa shape index (κ3) is 12.5. The molecule has 0 spiro atoms. The van der Waals surface area contributed by atoms with Gasteiger partial charge >= 0.3 is 0 Å². The predicted molar refractivity (Wildman–Crippen MR) is 471 cm³/mol. The number of rotatable bonds is 10. The Morgan fingerprint density at radius 2 is 0.517 bits per heavy atom. The van der Waals surface area contributed by atoms with E-state index < -0.39 is 0 Å². The molecule has 4 aliphatic heterocycles. The van der Waals surface area contributed by atoms with Crippen molar-refractivity contribution in [2.24, 2.45) is 0 Å². The molecule has 4 aliphatic rings. The third-order valence-corrected chi connectivity index (χ3v) is 25.7. The maximum absolute atomic E-state index is 6.97. The summed E-state index contributed by atoms with van der Waals surface area (Å²) in [4.78, 5) is 39.1. The zero-order valence-corrected chi connectivity index (χ0v) is 65.5. The van der Waals surface area contributed by atoms with Crippen molar-refractivity contribution in [3.63, 3.8) is 0 Å². The number of fused-ring (bicyclic) bond motifs is 14. The molecule has 4 aromatic heterocycles. The summed E-state index contributed by atoms with van der Waals surface area (Å²) < 4.78 is 40.0. The van der Waals surface area contributed by atoms with Crippen LogP contribution in [0.2, 0.25) is 0 Å². The van der Waals surface area contributed by atoms with Crippen LogP contribution in [0.25, 0.3) is 157 Å². The second-order valence-corrected chi connectivity index (χ2v) is 33.0. The van der Waals surface area contributed by atoms with Crippen LogP contribution in [0.4, 0.5) is 0 Å². The minimum Gasteiger partial charge on any atom is -0.455 e. The standard InChI is InChI=1S/2C51H29N3O3S2/c1-3-14-30(15-4-1)49-52-50(31-16-5-2-6-17-31)54-51(53-49)35-20-11-23-40-45(35)37-29-32(33-18-12-26-43-47(33)55-38-21-7-9-24-41(38)58-43)28-36(46(37)57-40)34-19-13-27-44-48(34)56-39-22-8-10-25-42(39)59-44;1-3-12-30(13-4-1)49-52-50(31-14-5-2-6-15-31)54-51(53-49)35-16-11-19-42-47(35)37-27-34(32-22-24-40-45(28-32)58-43-20-9-7-17-38(43)55-40)26-36(48(37)57-42)33-23-25-41-46(29-33)59-44-21-10-8-18-39(44)56-41/h2*1-29H. The second-order valence-electron chi connectivity index (χ2n) is 28.6. The lowest BCUT2D eigenvalue weighted by molar-refractivity contribution is 0.454.